The number of halogens is 2. The Bertz CT molecular complexity index is 743. The van der Waals surface area contributed by atoms with Crippen molar-refractivity contribution in [3.8, 4) is 0 Å². The van der Waals surface area contributed by atoms with Crippen molar-refractivity contribution in [3.63, 3.8) is 0 Å². The van der Waals surface area contributed by atoms with Crippen molar-refractivity contribution in [1.82, 2.24) is 0 Å². The van der Waals surface area contributed by atoms with Crippen LogP contribution < -0.4 is 16.0 Å². The second kappa shape index (κ2) is 6.69. The van der Waals surface area contributed by atoms with Crippen LogP contribution in [0.5, 0.6) is 0 Å². The topological polar surface area (TPSA) is 58.4 Å². The van der Waals surface area contributed by atoms with E-state index in [0.717, 1.165) is 31.6 Å². The van der Waals surface area contributed by atoms with E-state index in [1.54, 1.807) is 30.3 Å². The van der Waals surface area contributed by atoms with Crippen LogP contribution in [0.2, 0.25) is 10.0 Å². The number of nitrogens with zero attached hydrogens (tertiary/aromatic N) is 1. The number of hydrogen-bond donors (Lipinski definition) is 2. The lowest BCUT2D eigenvalue weighted by atomic mass is 10.2. The fourth-order valence-corrected chi connectivity index (χ4v) is 3.18. The van der Waals surface area contributed by atoms with Gasteiger partial charge in [0.1, 0.15) is 0 Å². The van der Waals surface area contributed by atoms with Crippen molar-refractivity contribution in [2.75, 3.05) is 29.0 Å². The summed E-state index contributed by atoms with van der Waals surface area (Å²) in [6.07, 6.45) is 2.28. The van der Waals surface area contributed by atoms with Crippen molar-refractivity contribution in [2.45, 2.75) is 12.8 Å². The molecular weight excluding hydrogens is 333 g/mol. The highest BCUT2D eigenvalue weighted by molar-refractivity contribution is 6.36. The van der Waals surface area contributed by atoms with E-state index in [1.165, 1.54) is 0 Å². The van der Waals surface area contributed by atoms with Gasteiger partial charge in [0.15, 0.2) is 0 Å². The number of carbonyl (C=O) groups excluding carboxylic acids is 1. The Labute approximate surface area is 145 Å². The Morgan fingerprint density at radius 1 is 1.09 bits per heavy atom. The summed E-state index contributed by atoms with van der Waals surface area (Å²) in [5, 5.41) is 3.63. The molecule has 0 spiro atoms. The van der Waals surface area contributed by atoms with Crippen LogP contribution in [0.3, 0.4) is 0 Å². The molecule has 23 heavy (non-hydrogen) atoms. The molecule has 120 valence electrons. The molecule has 6 heteroatoms. The molecule has 1 amide bonds. The Morgan fingerprint density at radius 2 is 1.78 bits per heavy atom. The summed E-state index contributed by atoms with van der Waals surface area (Å²) in [5.74, 6) is -0.297. The van der Waals surface area contributed by atoms with Crippen molar-refractivity contribution in [3.05, 3.63) is 52.0 Å². The summed E-state index contributed by atoms with van der Waals surface area (Å²) in [7, 11) is 0. The first-order valence-corrected chi connectivity index (χ1v) is 8.21. The van der Waals surface area contributed by atoms with Gasteiger partial charge < -0.3 is 16.0 Å². The largest absolute Gasteiger partial charge is 0.397 e. The third-order valence-corrected chi connectivity index (χ3v) is 4.57. The summed E-state index contributed by atoms with van der Waals surface area (Å²) in [5.41, 5.74) is 8.54. The maximum absolute atomic E-state index is 12.4. The van der Waals surface area contributed by atoms with Gasteiger partial charge in [-0.25, -0.2) is 0 Å². The molecule has 1 aliphatic heterocycles. The van der Waals surface area contributed by atoms with E-state index in [9.17, 15) is 4.79 Å². The zero-order chi connectivity index (χ0) is 16.4. The average molecular weight is 350 g/mol. The van der Waals surface area contributed by atoms with Gasteiger partial charge in [-0.2, -0.15) is 0 Å². The fraction of sp³-hybridized carbons (Fsp3) is 0.235. The zero-order valence-corrected chi connectivity index (χ0v) is 14.0. The van der Waals surface area contributed by atoms with E-state index in [4.69, 9.17) is 28.9 Å². The smallest absolute Gasteiger partial charge is 0.257 e. The minimum Gasteiger partial charge on any atom is -0.397 e. The first kappa shape index (κ1) is 16.0. The summed E-state index contributed by atoms with van der Waals surface area (Å²) >= 11 is 12.3. The second-order valence-corrected chi connectivity index (χ2v) is 6.33. The van der Waals surface area contributed by atoms with Crippen molar-refractivity contribution < 1.29 is 4.79 Å². The molecule has 1 saturated heterocycles. The Morgan fingerprint density at radius 3 is 2.48 bits per heavy atom. The van der Waals surface area contributed by atoms with Crippen molar-refractivity contribution in [1.29, 1.82) is 0 Å². The number of rotatable bonds is 3. The molecule has 2 aromatic carbocycles. The standard InChI is InChI=1S/C17H17Cl2N3O/c18-12-6-2-1-5-11(12)17(23)21-15-10-16(14(20)9-13(15)19)22-7-3-4-8-22/h1-2,5-6,9-10H,3-4,7-8,20H2,(H,21,23). The van der Waals surface area contributed by atoms with E-state index < -0.39 is 0 Å². The van der Waals surface area contributed by atoms with Gasteiger partial charge in [0, 0.05) is 13.1 Å². The third-order valence-electron chi connectivity index (χ3n) is 3.93. The number of benzene rings is 2. The van der Waals surface area contributed by atoms with Crippen LogP contribution in [0.4, 0.5) is 17.1 Å². The highest BCUT2D eigenvalue weighted by Crippen LogP contribution is 2.35. The third kappa shape index (κ3) is 3.38. The quantitative estimate of drug-likeness (QED) is 0.806. The van der Waals surface area contributed by atoms with Crippen molar-refractivity contribution in [2.24, 2.45) is 0 Å². The van der Waals surface area contributed by atoms with Crippen LogP contribution in [0.1, 0.15) is 23.2 Å². The number of nitrogens with one attached hydrogen (secondary N) is 1. The molecule has 2 aromatic rings. The van der Waals surface area contributed by atoms with Gasteiger partial charge in [0.2, 0.25) is 0 Å². The molecule has 0 aromatic heterocycles. The molecule has 0 aliphatic carbocycles. The van der Waals surface area contributed by atoms with Crippen LogP contribution in [0.25, 0.3) is 0 Å². The van der Waals surface area contributed by atoms with E-state index in [2.05, 4.69) is 10.2 Å². The van der Waals surface area contributed by atoms with E-state index in [-0.39, 0.29) is 5.91 Å². The first-order chi connectivity index (χ1) is 11.1. The Hall–Kier alpha value is -1.91. The van der Waals surface area contributed by atoms with E-state index in [1.807, 2.05) is 6.07 Å². The number of nitrogen functional groups attached to an aromatic ring is 1. The van der Waals surface area contributed by atoms with Gasteiger partial charge in [0.05, 0.1) is 32.7 Å². The van der Waals surface area contributed by atoms with Gasteiger partial charge in [-0.05, 0) is 37.1 Å². The summed E-state index contributed by atoms with van der Waals surface area (Å²) in [6, 6.07) is 10.4. The molecule has 0 unspecified atom stereocenters. The maximum atomic E-state index is 12.4. The molecule has 1 fully saturated rings. The average Bonchev–Trinajstić information content (AvgIpc) is 3.04. The summed E-state index contributed by atoms with van der Waals surface area (Å²) < 4.78 is 0. The fourth-order valence-electron chi connectivity index (χ4n) is 2.74. The van der Waals surface area contributed by atoms with E-state index in [0.29, 0.717) is 27.0 Å². The van der Waals surface area contributed by atoms with Crippen LogP contribution in [-0.4, -0.2) is 19.0 Å². The Kier molecular flexibility index (Phi) is 4.64. The SMILES string of the molecule is Nc1cc(Cl)c(NC(=O)c2ccccc2Cl)cc1N1CCCC1. The second-order valence-electron chi connectivity index (χ2n) is 5.52. The highest BCUT2D eigenvalue weighted by Gasteiger charge is 2.18. The number of anilines is 3. The zero-order valence-electron chi connectivity index (χ0n) is 12.5. The molecular formula is C17H17Cl2N3O. The molecule has 0 saturated carbocycles. The number of nitrogens with two attached hydrogens (primary N) is 1. The minimum atomic E-state index is -0.297. The van der Waals surface area contributed by atoms with Crippen LogP contribution in [0, 0.1) is 0 Å². The highest BCUT2D eigenvalue weighted by atomic mass is 35.5. The normalized spacial score (nSPS) is 14.1. The van der Waals surface area contributed by atoms with E-state index >= 15 is 0 Å². The number of amides is 1. The minimum absolute atomic E-state index is 0.297. The van der Waals surface area contributed by atoms with Crippen LogP contribution >= 0.6 is 23.2 Å². The molecule has 4 nitrogen and oxygen atoms in total. The summed E-state index contributed by atoms with van der Waals surface area (Å²) in [6.45, 7) is 1.92. The molecule has 3 N–H and O–H groups in total. The molecule has 3 rings (SSSR count). The van der Waals surface area contributed by atoms with Gasteiger partial charge in [-0.1, -0.05) is 35.3 Å². The monoisotopic (exact) mass is 349 g/mol. The molecule has 0 radical (unpaired) electrons. The molecule has 1 heterocycles. The molecule has 1 aliphatic rings. The number of hydrogen-bond acceptors (Lipinski definition) is 3. The van der Waals surface area contributed by atoms with Gasteiger partial charge in [-0.3, -0.25) is 4.79 Å². The lowest BCUT2D eigenvalue weighted by molar-refractivity contribution is 0.102. The van der Waals surface area contributed by atoms with Crippen LogP contribution in [0.15, 0.2) is 36.4 Å². The van der Waals surface area contributed by atoms with Crippen molar-refractivity contribution >= 4 is 46.2 Å². The predicted molar refractivity (Wildman–Crippen MR) is 96.7 cm³/mol. The van der Waals surface area contributed by atoms with Gasteiger partial charge in [-0.15, -0.1) is 0 Å². The first-order valence-electron chi connectivity index (χ1n) is 7.46. The van der Waals surface area contributed by atoms with Gasteiger partial charge >= 0.3 is 0 Å². The summed E-state index contributed by atoms with van der Waals surface area (Å²) in [4.78, 5) is 14.6. The molecule has 0 bridgehead atoms. The van der Waals surface area contributed by atoms with Crippen LogP contribution in [-0.2, 0) is 0 Å². The maximum Gasteiger partial charge on any atom is 0.257 e. The van der Waals surface area contributed by atoms with Gasteiger partial charge in [0.25, 0.3) is 5.91 Å². The lowest BCUT2D eigenvalue weighted by Gasteiger charge is -2.21. The number of carbonyl (C=O) groups is 1. The lowest BCUT2D eigenvalue weighted by Crippen LogP contribution is -2.20. The Balaban J connectivity index is 1.89. The predicted octanol–water partition coefficient (Wildman–Crippen LogP) is 4.43. The molecule has 0 atom stereocenters.